The SMILES string of the molecule is CN=C(NCc1ccc(F)c(COC)c1)NCc1ccccc1OC(F)(F)F.I. The molecular weight excluding hydrogens is 505 g/mol. The van der Waals surface area contributed by atoms with Gasteiger partial charge in [0, 0.05) is 38.4 Å². The number of nitrogens with zero attached hydrogens (tertiary/aromatic N) is 1. The minimum atomic E-state index is -4.77. The number of guanidine groups is 1. The van der Waals surface area contributed by atoms with E-state index in [-0.39, 0.29) is 48.7 Å². The van der Waals surface area contributed by atoms with Crippen molar-refractivity contribution in [2.75, 3.05) is 14.2 Å². The lowest BCUT2D eigenvalue weighted by atomic mass is 10.1. The number of alkyl halides is 3. The van der Waals surface area contributed by atoms with Crippen molar-refractivity contribution in [1.29, 1.82) is 0 Å². The Morgan fingerprint density at radius 1 is 1.03 bits per heavy atom. The quantitative estimate of drug-likeness (QED) is 0.244. The molecule has 0 aliphatic rings. The van der Waals surface area contributed by atoms with Crippen LogP contribution in [0.15, 0.2) is 47.5 Å². The molecule has 0 radical (unpaired) electrons. The fourth-order valence-electron chi connectivity index (χ4n) is 2.46. The Kier molecular flexibility index (Phi) is 10.2. The third-order valence-corrected chi connectivity index (χ3v) is 3.74. The molecule has 10 heteroatoms. The highest BCUT2D eigenvalue weighted by Gasteiger charge is 2.31. The molecule has 2 rings (SSSR count). The second-order valence-electron chi connectivity index (χ2n) is 5.79. The number of halogens is 5. The molecule has 2 N–H and O–H groups in total. The molecule has 0 bridgehead atoms. The standard InChI is InChI=1S/C19H21F4N3O2.HI/c1-24-18(25-10-13-7-8-16(20)15(9-13)12-27-2)26-11-14-5-3-4-6-17(14)28-19(21,22)23;/h3-9H,10-12H2,1-2H3,(H2,24,25,26);1H. The lowest BCUT2D eigenvalue weighted by Gasteiger charge is -2.16. The minimum absolute atomic E-state index is 0. The van der Waals surface area contributed by atoms with Crippen LogP contribution < -0.4 is 15.4 Å². The molecular formula is C19H22F4IN3O2. The number of benzene rings is 2. The lowest BCUT2D eigenvalue weighted by molar-refractivity contribution is -0.274. The first-order valence-electron chi connectivity index (χ1n) is 8.37. The Morgan fingerprint density at radius 3 is 2.38 bits per heavy atom. The van der Waals surface area contributed by atoms with Gasteiger partial charge < -0.3 is 20.1 Å². The van der Waals surface area contributed by atoms with E-state index < -0.39 is 6.36 Å². The van der Waals surface area contributed by atoms with Gasteiger partial charge in [-0.3, -0.25) is 4.99 Å². The van der Waals surface area contributed by atoms with E-state index in [0.29, 0.717) is 23.6 Å². The van der Waals surface area contributed by atoms with Crippen molar-refractivity contribution >= 4 is 29.9 Å². The van der Waals surface area contributed by atoms with Gasteiger partial charge in [-0.1, -0.05) is 24.3 Å². The first-order chi connectivity index (χ1) is 13.3. The molecule has 160 valence electrons. The Balaban J connectivity index is 0.00000420. The van der Waals surface area contributed by atoms with E-state index in [4.69, 9.17) is 4.74 Å². The summed E-state index contributed by atoms with van der Waals surface area (Å²) < 4.78 is 60.1. The van der Waals surface area contributed by atoms with Crippen LogP contribution in [0.25, 0.3) is 0 Å². The van der Waals surface area contributed by atoms with Gasteiger partial charge in [-0.15, -0.1) is 37.1 Å². The van der Waals surface area contributed by atoms with E-state index in [2.05, 4.69) is 20.4 Å². The number of ether oxygens (including phenoxy) is 2. The maximum Gasteiger partial charge on any atom is 0.573 e. The molecule has 0 fully saturated rings. The second kappa shape index (κ2) is 11.8. The topological polar surface area (TPSA) is 54.9 Å². The summed E-state index contributed by atoms with van der Waals surface area (Å²) >= 11 is 0. The van der Waals surface area contributed by atoms with Crippen molar-refractivity contribution in [3.63, 3.8) is 0 Å². The highest BCUT2D eigenvalue weighted by Crippen LogP contribution is 2.26. The summed E-state index contributed by atoms with van der Waals surface area (Å²) in [6, 6.07) is 10.5. The number of nitrogens with one attached hydrogen (secondary N) is 2. The number of rotatable bonds is 7. The summed E-state index contributed by atoms with van der Waals surface area (Å²) in [5, 5.41) is 5.95. The second-order valence-corrected chi connectivity index (χ2v) is 5.79. The summed E-state index contributed by atoms with van der Waals surface area (Å²) in [7, 11) is 3.02. The first-order valence-corrected chi connectivity index (χ1v) is 8.37. The fourth-order valence-corrected chi connectivity index (χ4v) is 2.46. The van der Waals surface area contributed by atoms with E-state index in [1.807, 2.05) is 0 Å². The number of hydrogen-bond acceptors (Lipinski definition) is 3. The van der Waals surface area contributed by atoms with Crippen LogP contribution in [0.3, 0.4) is 0 Å². The summed E-state index contributed by atoms with van der Waals surface area (Å²) in [5.74, 6) is -0.255. The van der Waals surface area contributed by atoms with E-state index in [1.165, 1.54) is 38.4 Å². The zero-order valence-electron chi connectivity index (χ0n) is 15.8. The molecule has 0 spiro atoms. The Morgan fingerprint density at radius 2 is 1.72 bits per heavy atom. The summed E-state index contributed by atoms with van der Waals surface area (Å²) in [5.41, 5.74) is 1.56. The highest BCUT2D eigenvalue weighted by molar-refractivity contribution is 14.0. The third kappa shape index (κ3) is 8.44. The van der Waals surface area contributed by atoms with Crippen LogP contribution in [-0.4, -0.2) is 26.5 Å². The van der Waals surface area contributed by atoms with Crippen LogP contribution in [0.4, 0.5) is 17.6 Å². The number of hydrogen-bond donors (Lipinski definition) is 2. The van der Waals surface area contributed by atoms with Crippen LogP contribution in [0, 0.1) is 5.82 Å². The van der Waals surface area contributed by atoms with Gasteiger partial charge in [-0.25, -0.2) is 4.39 Å². The van der Waals surface area contributed by atoms with E-state index in [0.717, 1.165) is 5.56 Å². The van der Waals surface area contributed by atoms with Crippen molar-refractivity contribution < 1.29 is 27.0 Å². The molecule has 0 aromatic heterocycles. The van der Waals surface area contributed by atoms with Crippen molar-refractivity contribution in [3.05, 3.63) is 65.0 Å². The Labute approximate surface area is 183 Å². The van der Waals surface area contributed by atoms with E-state index in [1.54, 1.807) is 18.2 Å². The van der Waals surface area contributed by atoms with Crippen LogP contribution in [0.1, 0.15) is 16.7 Å². The zero-order valence-corrected chi connectivity index (χ0v) is 18.2. The van der Waals surface area contributed by atoms with Gasteiger partial charge in [0.25, 0.3) is 0 Å². The van der Waals surface area contributed by atoms with E-state index in [9.17, 15) is 17.6 Å². The normalized spacial score (nSPS) is 11.6. The molecule has 0 unspecified atom stereocenters. The van der Waals surface area contributed by atoms with Gasteiger partial charge in [0.2, 0.25) is 0 Å². The van der Waals surface area contributed by atoms with Crippen LogP contribution >= 0.6 is 24.0 Å². The molecule has 0 saturated heterocycles. The maximum atomic E-state index is 13.7. The predicted molar refractivity (Wildman–Crippen MR) is 113 cm³/mol. The molecule has 2 aromatic rings. The maximum absolute atomic E-state index is 13.7. The molecule has 0 amide bonds. The molecule has 0 atom stereocenters. The summed E-state index contributed by atoms with van der Waals surface area (Å²) in [4.78, 5) is 4.03. The van der Waals surface area contributed by atoms with Gasteiger partial charge in [-0.05, 0) is 23.8 Å². The number of methoxy groups -OCH3 is 1. The van der Waals surface area contributed by atoms with E-state index >= 15 is 0 Å². The van der Waals surface area contributed by atoms with Crippen LogP contribution in [0.5, 0.6) is 5.75 Å². The molecule has 0 heterocycles. The Bertz CT molecular complexity index is 816. The average molecular weight is 527 g/mol. The lowest BCUT2D eigenvalue weighted by Crippen LogP contribution is -2.36. The minimum Gasteiger partial charge on any atom is -0.405 e. The van der Waals surface area contributed by atoms with Gasteiger partial charge >= 0.3 is 6.36 Å². The molecule has 0 aliphatic heterocycles. The van der Waals surface area contributed by atoms with Crippen molar-refractivity contribution in [3.8, 4) is 5.75 Å². The fraction of sp³-hybridized carbons (Fsp3) is 0.316. The predicted octanol–water partition coefficient (Wildman–Crippen LogP) is 4.35. The van der Waals surface area contributed by atoms with Gasteiger partial charge in [0.15, 0.2) is 5.96 Å². The zero-order chi connectivity index (χ0) is 20.6. The summed E-state index contributed by atoms with van der Waals surface area (Å²) in [6.45, 7) is 0.574. The third-order valence-electron chi connectivity index (χ3n) is 3.74. The Hall–Kier alpha value is -2.08. The monoisotopic (exact) mass is 527 g/mol. The largest absolute Gasteiger partial charge is 0.573 e. The van der Waals surface area contributed by atoms with Crippen molar-refractivity contribution in [2.45, 2.75) is 26.1 Å². The average Bonchev–Trinajstić information content (AvgIpc) is 2.64. The number of para-hydroxylation sites is 1. The highest BCUT2D eigenvalue weighted by atomic mass is 127. The van der Waals surface area contributed by atoms with Gasteiger partial charge in [0.1, 0.15) is 11.6 Å². The van der Waals surface area contributed by atoms with Gasteiger partial charge in [-0.2, -0.15) is 0 Å². The van der Waals surface area contributed by atoms with Crippen molar-refractivity contribution in [2.24, 2.45) is 4.99 Å². The molecule has 0 aliphatic carbocycles. The molecule has 2 aromatic carbocycles. The first kappa shape index (κ1) is 25.0. The smallest absolute Gasteiger partial charge is 0.405 e. The van der Waals surface area contributed by atoms with Crippen molar-refractivity contribution in [1.82, 2.24) is 10.6 Å². The number of aliphatic imine (C=N–C) groups is 1. The summed E-state index contributed by atoms with van der Waals surface area (Å²) in [6.07, 6.45) is -4.77. The van der Waals surface area contributed by atoms with Gasteiger partial charge in [0.05, 0.1) is 6.61 Å². The molecule has 29 heavy (non-hydrogen) atoms. The van der Waals surface area contributed by atoms with Crippen LogP contribution in [0.2, 0.25) is 0 Å². The molecule has 5 nitrogen and oxygen atoms in total. The molecule has 0 saturated carbocycles. The van der Waals surface area contributed by atoms with Crippen LogP contribution in [-0.2, 0) is 24.4 Å².